The zero-order valence-corrected chi connectivity index (χ0v) is 7.76. The van der Waals surface area contributed by atoms with Gasteiger partial charge in [0.15, 0.2) is 0 Å². The largest absolute Gasteiger partial charge is 0.396 e. The highest BCUT2D eigenvalue weighted by Gasteiger charge is 2.46. The summed E-state index contributed by atoms with van der Waals surface area (Å²) in [6.07, 6.45) is 2.10. The number of nitrogens with one attached hydrogen (secondary N) is 1. The van der Waals surface area contributed by atoms with Crippen molar-refractivity contribution < 1.29 is 9.90 Å². The lowest BCUT2D eigenvalue weighted by Crippen LogP contribution is -2.28. The number of aliphatic hydroxyl groups is 1. The molecule has 70 valence electrons. The molecule has 0 heterocycles. The van der Waals surface area contributed by atoms with E-state index in [0.29, 0.717) is 24.3 Å². The molecule has 0 bridgehead atoms. The summed E-state index contributed by atoms with van der Waals surface area (Å²) >= 11 is 0. The van der Waals surface area contributed by atoms with E-state index < -0.39 is 0 Å². The van der Waals surface area contributed by atoms with Crippen LogP contribution in [0.3, 0.4) is 0 Å². The second-order valence-electron chi connectivity index (χ2n) is 4.14. The van der Waals surface area contributed by atoms with Gasteiger partial charge in [-0.15, -0.1) is 0 Å². The highest BCUT2D eigenvalue weighted by atomic mass is 16.3. The fraction of sp³-hybridized carbons (Fsp3) is 0.889. The van der Waals surface area contributed by atoms with Gasteiger partial charge >= 0.3 is 0 Å². The minimum Gasteiger partial charge on any atom is -0.396 e. The minimum atomic E-state index is 0.0691. The van der Waals surface area contributed by atoms with Crippen molar-refractivity contribution in [3.63, 3.8) is 0 Å². The molecule has 1 aliphatic carbocycles. The van der Waals surface area contributed by atoms with E-state index in [4.69, 9.17) is 5.11 Å². The molecule has 0 aliphatic heterocycles. The molecular weight excluding hydrogens is 154 g/mol. The van der Waals surface area contributed by atoms with Gasteiger partial charge in [0.2, 0.25) is 5.91 Å². The van der Waals surface area contributed by atoms with E-state index in [2.05, 4.69) is 19.2 Å². The van der Waals surface area contributed by atoms with Crippen LogP contribution in [0.5, 0.6) is 0 Å². The second kappa shape index (κ2) is 3.44. The van der Waals surface area contributed by atoms with Gasteiger partial charge in [-0.25, -0.2) is 0 Å². The van der Waals surface area contributed by atoms with Gasteiger partial charge < -0.3 is 10.4 Å². The highest BCUT2D eigenvalue weighted by Crippen LogP contribution is 2.44. The summed E-state index contributed by atoms with van der Waals surface area (Å²) < 4.78 is 0. The van der Waals surface area contributed by atoms with Crippen LogP contribution in [-0.4, -0.2) is 23.7 Å². The van der Waals surface area contributed by atoms with Crippen molar-refractivity contribution in [2.75, 3.05) is 6.61 Å². The van der Waals surface area contributed by atoms with Crippen LogP contribution in [0.4, 0.5) is 0 Å². The molecule has 3 nitrogen and oxygen atoms in total. The first-order valence-corrected chi connectivity index (χ1v) is 4.46. The lowest BCUT2D eigenvalue weighted by Gasteiger charge is -2.05. The molecule has 3 heteroatoms. The summed E-state index contributed by atoms with van der Waals surface area (Å²) in [5, 5.41) is 11.4. The van der Waals surface area contributed by atoms with Crippen LogP contribution in [0.15, 0.2) is 0 Å². The monoisotopic (exact) mass is 171 g/mol. The maximum Gasteiger partial charge on any atom is 0.220 e. The molecule has 1 amide bonds. The lowest BCUT2D eigenvalue weighted by molar-refractivity contribution is -0.121. The van der Waals surface area contributed by atoms with Gasteiger partial charge in [-0.2, -0.15) is 0 Å². The smallest absolute Gasteiger partial charge is 0.220 e. The quantitative estimate of drug-likeness (QED) is 0.653. The van der Waals surface area contributed by atoms with Crippen LogP contribution in [0.2, 0.25) is 0 Å². The Morgan fingerprint density at radius 3 is 2.67 bits per heavy atom. The number of carbonyl (C=O) groups is 1. The molecule has 12 heavy (non-hydrogen) atoms. The number of hydrogen-bond acceptors (Lipinski definition) is 2. The molecule has 0 saturated heterocycles. The molecule has 1 atom stereocenters. The minimum absolute atomic E-state index is 0.0691. The summed E-state index contributed by atoms with van der Waals surface area (Å²) in [5.41, 5.74) is 0.300. The van der Waals surface area contributed by atoms with Crippen molar-refractivity contribution in [1.29, 1.82) is 0 Å². The maximum atomic E-state index is 11.1. The number of hydrogen-bond donors (Lipinski definition) is 2. The van der Waals surface area contributed by atoms with Gasteiger partial charge in [0.05, 0.1) is 0 Å². The van der Waals surface area contributed by atoms with Gasteiger partial charge in [-0.3, -0.25) is 4.79 Å². The summed E-state index contributed by atoms with van der Waals surface area (Å²) in [6, 6.07) is 0.365. The van der Waals surface area contributed by atoms with Gasteiger partial charge in [-0.05, 0) is 18.3 Å². The third-order valence-corrected chi connectivity index (χ3v) is 2.41. The van der Waals surface area contributed by atoms with Crippen molar-refractivity contribution in [3.8, 4) is 0 Å². The molecule has 1 saturated carbocycles. The molecule has 0 aromatic rings. The van der Waals surface area contributed by atoms with E-state index in [9.17, 15) is 4.79 Å². The van der Waals surface area contributed by atoms with Crippen molar-refractivity contribution in [3.05, 3.63) is 0 Å². The molecule has 1 unspecified atom stereocenters. The van der Waals surface area contributed by atoms with E-state index in [1.807, 2.05) is 0 Å². The zero-order valence-electron chi connectivity index (χ0n) is 7.76. The fourth-order valence-electron chi connectivity index (χ4n) is 1.22. The lowest BCUT2D eigenvalue weighted by atomic mass is 10.2. The van der Waals surface area contributed by atoms with E-state index in [1.165, 1.54) is 0 Å². The Kier molecular flexibility index (Phi) is 2.73. The van der Waals surface area contributed by atoms with E-state index in [-0.39, 0.29) is 12.5 Å². The molecule has 1 aliphatic rings. The Morgan fingerprint density at radius 2 is 2.25 bits per heavy atom. The Labute approximate surface area is 73.2 Å². The third-order valence-electron chi connectivity index (χ3n) is 2.41. The molecular formula is C9H17NO2. The summed E-state index contributed by atoms with van der Waals surface area (Å²) in [5.74, 6) is 0.0691. The van der Waals surface area contributed by atoms with Gasteiger partial charge in [0.25, 0.3) is 0 Å². The molecule has 1 fully saturated rings. The summed E-state index contributed by atoms with van der Waals surface area (Å²) in [7, 11) is 0. The third kappa shape index (κ3) is 2.48. The first kappa shape index (κ1) is 9.52. The predicted octanol–water partition coefficient (Wildman–Crippen LogP) is 0.674. The predicted molar refractivity (Wildman–Crippen MR) is 46.6 cm³/mol. The molecule has 0 spiro atoms. The average molecular weight is 171 g/mol. The number of carbonyl (C=O) groups excluding carboxylic acids is 1. The van der Waals surface area contributed by atoms with Crippen molar-refractivity contribution >= 4 is 5.91 Å². The molecule has 0 aromatic heterocycles. The molecule has 0 radical (unpaired) electrons. The van der Waals surface area contributed by atoms with Crippen LogP contribution >= 0.6 is 0 Å². The van der Waals surface area contributed by atoms with Crippen LogP contribution in [0, 0.1) is 5.41 Å². The first-order valence-electron chi connectivity index (χ1n) is 4.46. The van der Waals surface area contributed by atoms with E-state index in [1.54, 1.807) is 0 Å². The second-order valence-corrected chi connectivity index (χ2v) is 4.14. The maximum absolute atomic E-state index is 11.1. The van der Waals surface area contributed by atoms with Crippen LogP contribution in [0.1, 0.15) is 33.1 Å². The Morgan fingerprint density at radius 1 is 1.67 bits per heavy atom. The van der Waals surface area contributed by atoms with Crippen LogP contribution in [0.25, 0.3) is 0 Å². The van der Waals surface area contributed by atoms with Crippen LogP contribution < -0.4 is 5.32 Å². The van der Waals surface area contributed by atoms with Gasteiger partial charge in [-0.1, -0.05) is 13.8 Å². The van der Waals surface area contributed by atoms with Gasteiger partial charge in [0, 0.05) is 19.1 Å². The van der Waals surface area contributed by atoms with E-state index >= 15 is 0 Å². The average Bonchev–Trinajstić information content (AvgIpc) is 2.54. The Bertz CT molecular complexity index is 177. The van der Waals surface area contributed by atoms with Crippen molar-refractivity contribution in [2.24, 2.45) is 5.41 Å². The zero-order chi connectivity index (χ0) is 9.19. The molecule has 0 aromatic carbocycles. The summed E-state index contributed by atoms with van der Waals surface area (Å²) in [6.45, 7) is 4.38. The fourth-order valence-corrected chi connectivity index (χ4v) is 1.22. The number of aliphatic hydroxyl groups excluding tert-OH is 1. The molecule has 1 rings (SSSR count). The first-order chi connectivity index (χ1) is 5.56. The topological polar surface area (TPSA) is 49.3 Å². The Balaban J connectivity index is 2.12. The van der Waals surface area contributed by atoms with Crippen molar-refractivity contribution in [1.82, 2.24) is 5.32 Å². The highest BCUT2D eigenvalue weighted by molar-refractivity contribution is 5.76. The van der Waals surface area contributed by atoms with E-state index in [0.717, 1.165) is 6.42 Å². The standard InChI is InChI=1S/C9H17NO2/c1-9(2)6-7(9)10-8(12)4-3-5-11/h7,11H,3-6H2,1-2H3,(H,10,12). The SMILES string of the molecule is CC1(C)CC1NC(=O)CCCO. The number of amides is 1. The Hall–Kier alpha value is -0.570. The molecule has 2 N–H and O–H groups in total. The summed E-state index contributed by atoms with van der Waals surface area (Å²) in [4.78, 5) is 11.1. The van der Waals surface area contributed by atoms with Crippen molar-refractivity contribution in [2.45, 2.75) is 39.2 Å². The van der Waals surface area contributed by atoms with Gasteiger partial charge in [0.1, 0.15) is 0 Å². The normalized spacial score (nSPS) is 25.1. The number of rotatable bonds is 4. The van der Waals surface area contributed by atoms with Crippen LogP contribution in [-0.2, 0) is 4.79 Å².